The van der Waals surface area contributed by atoms with E-state index in [4.69, 9.17) is 4.74 Å². The number of guanidine groups is 1. The highest BCUT2D eigenvalue weighted by Crippen LogP contribution is 2.34. The maximum Gasteiger partial charge on any atom is 0.407 e. The lowest BCUT2D eigenvalue weighted by atomic mass is 9.91. The van der Waals surface area contributed by atoms with Crippen molar-refractivity contribution in [1.29, 1.82) is 0 Å². The zero-order valence-electron chi connectivity index (χ0n) is 16.9. The molecule has 3 N–H and O–H groups in total. The Kier molecular flexibility index (Phi) is 9.47. The number of carbonyl (C=O) groups excluding carboxylic acids is 1. The lowest BCUT2D eigenvalue weighted by Gasteiger charge is -2.31. The molecule has 6 nitrogen and oxygen atoms in total. The topological polar surface area (TPSA) is 74.8 Å². The summed E-state index contributed by atoms with van der Waals surface area (Å²) in [6.45, 7) is 7.90. The van der Waals surface area contributed by atoms with E-state index in [1.807, 2.05) is 27.8 Å². The first-order valence-electron chi connectivity index (χ1n) is 9.80. The van der Waals surface area contributed by atoms with E-state index < -0.39 is 5.60 Å². The molecule has 0 aromatic heterocycles. The summed E-state index contributed by atoms with van der Waals surface area (Å²) in [6, 6.07) is 1.22. The Morgan fingerprint density at radius 2 is 1.65 bits per heavy atom. The predicted octanol–water partition coefficient (Wildman–Crippen LogP) is 3.79. The van der Waals surface area contributed by atoms with E-state index in [-0.39, 0.29) is 36.1 Å². The van der Waals surface area contributed by atoms with Crippen LogP contribution in [0.15, 0.2) is 4.99 Å². The Labute approximate surface area is 175 Å². The number of nitrogens with one attached hydrogen (secondary N) is 3. The molecule has 1 amide bonds. The fourth-order valence-corrected chi connectivity index (χ4v) is 3.51. The number of ether oxygens (including phenoxy) is 1. The van der Waals surface area contributed by atoms with Gasteiger partial charge < -0.3 is 20.7 Å². The second-order valence-corrected chi connectivity index (χ2v) is 8.45. The molecule has 0 bridgehead atoms. The summed E-state index contributed by atoms with van der Waals surface area (Å²) >= 11 is 0. The van der Waals surface area contributed by atoms with Crippen molar-refractivity contribution in [3.05, 3.63) is 0 Å². The highest BCUT2D eigenvalue weighted by Gasteiger charge is 2.37. The van der Waals surface area contributed by atoms with E-state index in [1.165, 1.54) is 19.3 Å². The molecule has 0 aromatic rings. The number of nitrogens with zero attached hydrogens (tertiary/aromatic N) is 1. The smallest absolute Gasteiger partial charge is 0.407 e. The monoisotopic (exact) mass is 480 g/mol. The van der Waals surface area contributed by atoms with Crippen molar-refractivity contribution in [3.63, 3.8) is 0 Å². The van der Waals surface area contributed by atoms with Crippen LogP contribution in [0.4, 0.5) is 4.79 Å². The number of carbonyl (C=O) groups is 1. The van der Waals surface area contributed by atoms with E-state index in [2.05, 4.69) is 27.9 Å². The number of halogens is 1. The minimum Gasteiger partial charge on any atom is -0.444 e. The van der Waals surface area contributed by atoms with E-state index in [0.29, 0.717) is 12.1 Å². The molecule has 0 saturated heterocycles. The van der Waals surface area contributed by atoms with E-state index in [0.717, 1.165) is 37.6 Å². The summed E-state index contributed by atoms with van der Waals surface area (Å²) in [7, 11) is 1.84. The summed E-state index contributed by atoms with van der Waals surface area (Å²) in [4.78, 5) is 16.2. The maximum absolute atomic E-state index is 11.9. The molecule has 2 aliphatic carbocycles. The van der Waals surface area contributed by atoms with Gasteiger partial charge in [-0.2, -0.15) is 0 Å². The molecule has 7 heteroatoms. The predicted molar refractivity (Wildman–Crippen MR) is 117 cm³/mol. The molecule has 0 aliphatic heterocycles. The molecule has 2 atom stereocenters. The first-order valence-corrected chi connectivity index (χ1v) is 9.80. The standard InChI is InChI=1S/C19H36N4O2.HI/c1-6-7-13-12-16(13)23-17(20-5)21-14-8-10-15(11-9-14)22-18(24)25-19(2,3)4;/h13-16H,6-12H2,1-5H3,(H,22,24)(H2,20,21,23);1H. The molecule has 26 heavy (non-hydrogen) atoms. The number of rotatable bonds is 5. The van der Waals surface area contributed by atoms with Crippen molar-refractivity contribution in [2.24, 2.45) is 10.9 Å². The van der Waals surface area contributed by atoms with Crippen LogP contribution in [-0.4, -0.2) is 42.8 Å². The van der Waals surface area contributed by atoms with Crippen LogP contribution in [-0.2, 0) is 4.74 Å². The molecule has 2 unspecified atom stereocenters. The van der Waals surface area contributed by atoms with E-state index in [1.54, 1.807) is 0 Å². The summed E-state index contributed by atoms with van der Waals surface area (Å²) in [5, 5.41) is 10.1. The Morgan fingerprint density at radius 3 is 2.15 bits per heavy atom. The second-order valence-electron chi connectivity index (χ2n) is 8.45. The van der Waals surface area contributed by atoms with Gasteiger partial charge in [0.05, 0.1) is 0 Å². The average molecular weight is 480 g/mol. The minimum atomic E-state index is -0.445. The Balaban J connectivity index is 0.00000338. The molecular formula is C19H37IN4O2. The van der Waals surface area contributed by atoms with Gasteiger partial charge in [0.2, 0.25) is 0 Å². The molecule has 2 rings (SSSR count). The van der Waals surface area contributed by atoms with Crippen LogP contribution in [0.1, 0.15) is 72.6 Å². The maximum atomic E-state index is 11.9. The van der Waals surface area contributed by atoms with Crippen LogP contribution in [0.2, 0.25) is 0 Å². The van der Waals surface area contributed by atoms with Crippen LogP contribution >= 0.6 is 24.0 Å². The van der Waals surface area contributed by atoms with Gasteiger partial charge in [-0.1, -0.05) is 13.3 Å². The van der Waals surface area contributed by atoms with Crippen molar-refractivity contribution in [2.45, 2.75) is 96.4 Å². The molecule has 2 fully saturated rings. The average Bonchev–Trinajstić information content (AvgIpc) is 3.24. The third-order valence-electron chi connectivity index (χ3n) is 4.92. The molecule has 0 aromatic carbocycles. The van der Waals surface area contributed by atoms with Gasteiger partial charge in [-0.05, 0) is 65.2 Å². The number of alkyl carbamates (subject to hydrolysis) is 1. The van der Waals surface area contributed by atoms with Crippen LogP contribution in [0.25, 0.3) is 0 Å². The van der Waals surface area contributed by atoms with Crippen molar-refractivity contribution in [3.8, 4) is 0 Å². The number of hydrogen-bond acceptors (Lipinski definition) is 3. The van der Waals surface area contributed by atoms with Gasteiger partial charge in [0.15, 0.2) is 5.96 Å². The van der Waals surface area contributed by atoms with Crippen LogP contribution in [0.5, 0.6) is 0 Å². The van der Waals surface area contributed by atoms with Gasteiger partial charge in [0, 0.05) is 25.2 Å². The Morgan fingerprint density at radius 1 is 1.08 bits per heavy atom. The van der Waals surface area contributed by atoms with Crippen LogP contribution in [0.3, 0.4) is 0 Å². The number of amides is 1. The highest BCUT2D eigenvalue weighted by atomic mass is 127. The fraction of sp³-hybridized carbons (Fsp3) is 0.895. The first-order chi connectivity index (χ1) is 11.8. The zero-order valence-corrected chi connectivity index (χ0v) is 19.3. The summed E-state index contributed by atoms with van der Waals surface area (Å²) < 4.78 is 5.34. The van der Waals surface area contributed by atoms with E-state index in [9.17, 15) is 4.79 Å². The number of hydrogen-bond donors (Lipinski definition) is 3. The minimum absolute atomic E-state index is 0. The Bertz CT molecular complexity index is 471. The third-order valence-corrected chi connectivity index (χ3v) is 4.92. The van der Waals surface area contributed by atoms with E-state index >= 15 is 0 Å². The summed E-state index contributed by atoms with van der Waals surface area (Å²) in [5.41, 5.74) is -0.445. The lowest BCUT2D eigenvalue weighted by Crippen LogP contribution is -2.48. The summed E-state index contributed by atoms with van der Waals surface area (Å²) in [6.07, 6.45) is 7.51. The van der Waals surface area contributed by atoms with Crippen LogP contribution in [0, 0.1) is 5.92 Å². The first kappa shape index (κ1) is 23.3. The normalized spacial score (nSPS) is 28.6. The molecule has 2 aliphatic rings. The molecular weight excluding hydrogens is 443 g/mol. The van der Waals surface area contributed by atoms with Crippen molar-refractivity contribution in [2.75, 3.05) is 7.05 Å². The quantitative estimate of drug-likeness (QED) is 0.318. The van der Waals surface area contributed by atoms with Gasteiger partial charge in [0.1, 0.15) is 5.60 Å². The second kappa shape index (κ2) is 10.6. The van der Waals surface area contributed by atoms with Gasteiger partial charge in [-0.15, -0.1) is 24.0 Å². The van der Waals surface area contributed by atoms with Crippen LogP contribution < -0.4 is 16.0 Å². The molecule has 2 saturated carbocycles. The third kappa shape index (κ3) is 8.31. The van der Waals surface area contributed by atoms with Gasteiger partial charge in [-0.25, -0.2) is 4.79 Å². The molecule has 152 valence electrons. The van der Waals surface area contributed by atoms with Gasteiger partial charge in [-0.3, -0.25) is 4.99 Å². The SMILES string of the molecule is CCCC1CC1NC(=NC)NC1CCC(NC(=O)OC(C)(C)C)CC1.I. The highest BCUT2D eigenvalue weighted by molar-refractivity contribution is 14.0. The molecule has 0 heterocycles. The van der Waals surface area contributed by atoms with Crippen molar-refractivity contribution >= 4 is 36.0 Å². The number of aliphatic imine (C=N–C) groups is 1. The van der Waals surface area contributed by atoms with Gasteiger partial charge in [0.25, 0.3) is 0 Å². The Hall–Kier alpha value is -0.730. The zero-order chi connectivity index (χ0) is 18.4. The fourth-order valence-electron chi connectivity index (χ4n) is 3.51. The van der Waals surface area contributed by atoms with Crippen molar-refractivity contribution in [1.82, 2.24) is 16.0 Å². The van der Waals surface area contributed by atoms with Crippen molar-refractivity contribution < 1.29 is 9.53 Å². The summed E-state index contributed by atoms with van der Waals surface area (Å²) in [5.74, 6) is 1.74. The van der Waals surface area contributed by atoms with Gasteiger partial charge >= 0.3 is 6.09 Å². The molecule has 0 radical (unpaired) electrons. The largest absolute Gasteiger partial charge is 0.444 e. The molecule has 0 spiro atoms. The lowest BCUT2D eigenvalue weighted by molar-refractivity contribution is 0.0490.